The number of hydrogen-bond acceptors (Lipinski definition) is 1. The van der Waals surface area contributed by atoms with Gasteiger partial charge in [-0.1, -0.05) is 0 Å². The van der Waals surface area contributed by atoms with E-state index in [2.05, 4.69) is 65.4 Å². The van der Waals surface area contributed by atoms with E-state index < -0.39 is 24.0 Å². The van der Waals surface area contributed by atoms with Gasteiger partial charge in [0.2, 0.25) is 0 Å². The summed E-state index contributed by atoms with van der Waals surface area (Å²) in [6.07, 6.45) is 0. The predicted octanol–water partition coefficient (Wildman–Crippen LogP) is -2.58. The number of nitrogens with one attached hydrogen (secondary N) is 1. The third-order valence-electron chi connectivity index (χ3n) is 4.09. The predicted molar refractivity (Wildman–Crippen MR) is 86.4 cm³/mol. The van der Waals surface area contributed by atoms with Crippen LogP contribution in [0.5, 0.6) is 0 Å². The second kappa shape index (κ2) is 8.50. The molecule has 1 N–H and O–H groups in total. The van der Waals surface area contributed by atoms with Crippen LogP contribution in [0.3, 0.4) is 0 Å². The molecule has 0 saturated heterocycles. The molecule has 1 amide bonds. The zero-order valence-electron chi connectivity index (χ0n) is 13.4. The van der Waals surface area contributed by atoms with Crippen molar-refractivity contribution >= 4 is 12.6 Å². The second-order valence-electron chi connectivity index (χ2n) is 5.90. The van der Waals surface area contributed by atoms with Gasteiger partial charge >= 0.3 is 134 Å². The first-order valence-electron chi connectivity index (χ1n) is 7.42. The van der Waals surface area contributed by atoms with Gasteiger partial charge in [-0.3, -0.25) is 0 Å². The molecule has 0 bridgehead atoms. The van der Waals surface area contributed by atoms with Crippen molar-refractivity contribution < 1.29 is 47.0 Å². The van der Waals surface area contributed by atoms with Gasteiger partial charge in [0.15, 0.2) is 0 Å². The Labute approximate surface area is 157 Å². The van der Waals surface area contributed by atoms with Crippen LogP contribution in [0.2, 0.25) is 13.1 Å². The molecule has 2 aromatic rings. The summed E-state index contributed by atoms with van der Waals surface area (Å²) in [5, 5.41) is 0. The Kier molecular flexibility index (Phi) is 7.56. The molecule has 0 unspecified atom stereocenters. The molecule has 0 saturated carbocycles. The van der Waals surface area contributed by atoms with Crippen molar-refractivity contribution in [3.05, 3.63) is 59.7 Å². The maximum Gasteiger partial charge on any atom is -1.00 e. The molecule has 0 heterocycles. The maximum absolute atomic E-state index is 11.7. The number of hydrogen-bond donors (Lipinski definition) is 1. The van der Waals surface area contributed by atoms with Crippen molar-refractivity contribution in [2.24, 2.45) is 0 Å². The Morgan fingerprint density at radius 1 is 0.957 bits per heavy atom. The third kappa shape index (κ3) is 3.92. The van der Waals surface area contributed by atoms with Gasteiger partial charge in [-0.2, -0.15) is 0 Å². The van der Waals surface area contributed by atoms with Gasteiger partial charge in [-0.25, -0.2) is 0 Å². The van der Waals surface area contributed by atoms with E-state index in [0.717, 1.165) is 0 Å². The monoisotopic (exact) mass is 400 g/mol. The van der Waals surface area contributed by atoms with Crippen molar-refractivity contribution in [2.75, 3.05) is 0 Å². The van der Waals surface area contributed by atoms with E-state index in [4.69, 9.17) is 0 Å². The summed E-state index contributed by atoms with van der Waals surface area (Å²) in [5.74, 6) is 0.146. The first-order valence-corrected chi connectivity index (χ1v) is 14.7. The Morgan fingerprint density at radius 2 is 1.39 bits per heavy atom. The minimum atomic E-state index is -1.67. The smallest absolute Gasteiger partial charge is 1.00 e. The van der Waals surface area contributed by atoms with Crippen LogP contribution in [-0.4, -0.2) is 12.6 Å². The Balaban J connectivity index is 0.00000132. The van der Waals surface area contributed by atoms with Gasteiger partial charge in [0, 0.05) is 0 Å². The number of halogens is 2. The number of fused-ring (bicyclic) bond motifs is 3. The number of rotatable bonds is 3. The van der Waals surface area contributed by atoms with Gasteiger partial charge in [0.05, 0.1) is 0 Å². The molecule has 0 radical (unpaired) electrons. The fraction of sp³-hybridized carbons (Fsp3) is 0.235. The molecule has 0 fully saturated rings. The summed E-state index contributed by atoms with van der Waals surface area (Å²) in [7, 11) is 0. The maximum atomic E-state index is 11.7. The van der Waals surface area contributed by atoms with Gasteiger partial charge in [0.25, 0.3) is 0 Å². The topological polar surface area (TPSA) is 29.1 Å². The van der Waals surface area contributed by atoms with Crippen LogP contribution in [0.1, 0.15) is 22.3 Å². The minimum absolute atomic E-state index is 0. The molecule has 6 heteroatoms. The summed E-state index contributed by atoms with van der Waals surface area (Å²) < 4.78 is 3.86. The summed E-state index contributed by atoms with van der Waals surface area (Å²) in [6.45, 7) is 5.55. The molecule has 2 nitrogen and oxygen atoms in total. The molecule has 1 aliphatic carbocycles. The molecule has 0 spiro atoms. The number of carbonyl (C=O) groups excluding carboxylic acids is 1. The molecule has 3 rings (SSSR count). The molecule has 0 aromatic heterocycles. The molecule has 1 aliphatic rings. The molecular weight excluding hydrogens is 381 g/mol. The van der Waals surface area contributed by atoms with Gasteiger partial charge in [-0.05, 0) is 0 Å². The summed E-state index contributed by atoms with van der Waals surface area (Å²) in [6, 6.07) is 17.4. The first kappa shape index (κ1) is 20.5. The van der Waals surface area contributed by atoms with E-state index in [1.807, 2.05) is 0 Å². The van der Waals surface area contributed by atoms with Crippen LogP contribution in [-0.2, 0) is 22.2 Å². The number of carbonyl (C=O) groups is 1. The van der Waals surface area contributed by atoms with Crippen LogP contribution >= 0.6 is 0 Å². The summed E-state index contributed by atoms with van der Waals surface area (Å²) in [5.41, 5.74) is 5.60. The molecule has 0 atom stereocenters. The van der Waals surface area contributed by atoms with E-state index >= 15 is 0 Å². The number of benzene rings is 2. The summed E-state index contributed by atoms with van der Waals surface area (Å²) >= 11 is -1.67. The quantitative estimate of drug-likeness (QED) is 0.563. The second-order valence-corrected chi connectivity index (χ2v) is 18.9. The van der Waals surface area contributed by atoms with Crippen molar-refractivity contribution in [1.29, 1.82) is 0 Å². The SMILES string of the molecule is CC(=O)[NH][Ti+2]([CH]1c2ccccc2-c2ccccc21)[SiH](C)C.[Cl-].[Cl-]. The fourth-order valence-electron chi connectivity index (χ4n) is 3.24. The average molecular weight is 401 g/mol. The van der Waals surface area contributed by atoms with Crippen molar-refractivity contribution in [1.82, 2.24) is 3.80 Å². The van der Waals surface area contributed by atoms with Crippen LogP contribution < -0.4 is 28.6 Å². The zero-order chi connectivity index (χ0) is 15.0. The number of amides is 1. The van der Waals surface area contributed by atoms with E-state index in [-0.39, 0.29) is 30.7 Å². The zero-order valence-corrected chi connectivity index (χ0v) is 17.7. The van der Waals surface area contributed by atoms with Crippen LogP contribution in [0.25, 0.3) is 11.1 Å². The van der Waals surface area contributed by atoms with Crippen molar-refractivity contribution in [3.63, 3.8) is 0 Å². The Hall–Kier alpha value is -0.579. The van der Waals surface area contributed by atoms with E-state index in [0.29, 0.717) is 4.22 Å². The average Bonchev–Trinajstić information content (AvgIpc) is 2.79. The van der Waals surface area contributed by atoms with Gasteiger partial charge in [0.1, 0.15) is 0 Å². The molecule has 121 valence electrons. The van der Waals surface area contributed by atoms with E-state index in [9.17, 15) is 4.79 Å². The third-order valence-corrected chi connectivity index (χ3v) is 16.1. The van der Waals surface area contributed by atoms with Gasteiger partial charge < -0.3 is 24.8 Å². The Bertz CT molecular complexity index is 650. The summed E-state index contributed by atoms with van der Waals surface area (Å²) in [4.78, 5) is 11.7. The molecular formula is C17H20Cl2NOSiTi. The van der Waals surface area contributed by atoms with Crippen LogP contribution in [0, 0.1) is 0 Å². The standard InChI is InChI=1S/C13H9.C2H5NO.C2H7Si.2ClH.Ti/c1-3-7-12-10(5-1)9-11-6-2-4-8-13(11)12;1-2(3)4;1-3-2;;;/h1-9H;1H3,(H2,3,4);3H,1-2H3;2*1H;/q;;;;;+3/p-3. The van der Waals surface area contributed by atoms with Crippen LogP contribution in [0.15, 0.2) is 48.5 Å². The Morgan fingerprint density at radius 3 is 1.78 bits per heavy atom. The minimum Gasteiger partial charge on any atom is -1.00 e. The fourth-order valence-corrected chi connectivity index (χ4v) is 13.7. The van der Waals surface area contributed by atoms with E-state index in [1.165, 1.54) is 22.3 Å². The van der Waals surface area contributed by atoms with Crippen molar-refractivity contribution in [3.8, 4) is 11.1 Å². The molecule has 0 aliphatic heterocycles. The first-order chi connectivity index (χ1) is 10.1. The largest absolute Gasteiger partial charge is 1.00 e. The van der Waals surface area contributed by atoms with Crippen LogP contribution in [0.4, 0.5) is 0 Å². The van der Waals surface area contributed by atoms with Gasteiger partial charge in [-0.15, -0.1) is 0 Å². The normalized spacial score (nSPS) is 11.8. The molecule has 23 heavy (non-hydrogen) atoms. The van der Waals surface area contributed by atoms with Crippen molar-refractivity contribution in [2.45, 2.75) is 24.2 Å². The van der Waals surface area contributed by atoms with E-state index in [1.54, 1.807) is 6.92 Å². The molecule has 2 aromatic carbocycles.